The zero-order valence-corrected chi connectivity index (χ0v) is 13.3. The second kappa shape index (κ2) is 6.77. The Morgan fingerprint density at radius 2 is 1.67 bits per heavy atom. The SMILES string of the molecule is CCCc1ccc(C(O)c2ccc(OC)c(C)c2C)cc1. The van der Waals surface area contributed by atoms with Gasteiger partial charge in [0.25, 0.3) is 0 Å². The van der Waals surface area contributed by atoms with Crippen LogP contribution in [0.15, 0.2) is 36.4 Å². The Balaban J connectivity index is 2.31. The van der Waals surface area contributed by atoms with E-state index in [0.29, 0.717) is 0 Å². The molecule has 1 unspecified atom stereocenters. The maximum absolute atomic E-state index is 10.6. The fourth-order valence-electron chi connectivity index (χ4n) is 2.67. The molecular weight excluding hydrogens is 260 g/mol. The van der Waals surface area contributed by atoms with Gasteiger partial charge in [0.05, 0.1) is 7.11 Å². The first-order chi connectivity index (χ1) is 10.1. The molecule has 21 heavy (non-hydrogen) atoms. The standard InChI is InChI=1S/C19H24O2/c1-5-6-15-7-9-16(10-8-15)19(20)17-11-12-18(21-4)14(3)13(17)2/h7-12,19-20H,5-6H2,1-4H3. The summed E-state index contributed by atoms with van der Waals surface area (Å²) in [6.45, 7) is 6.23. The topological polar surface area (TPSA) is 29.5 Å². The second-order valence-corrected chi connectivity index (χ2v) is 5.50. The lowest BCUT2D eigenvalue weighted by molar-refractivity contribution is 0.219. The van der Waals surface area contributed by atoms with E-state index in [1.165, 1.54) is 5.56 Å². The van der Waals surface area contributed by atoms with Crippen LogP contribution in [0, 0.1) is 13.8 Å². The number of aryl methyl sites for hydroxylation is 1. The van der Waals surface area contributed by atoms with E-state index in [1.807, 2.05) is 38.1 Å². The van der Waals surface area contributed by atoms with Crippen LogP contribution in [-0.4, -0.2) is 12.2 Å². The van der Waals surface area contributed by atoms with Crippen molar-refractivity contribution in [2.75, 3.05) is 7.11 Å². The second-order valence-electron chi connectivity index (χ2n) is 5.50. The summed E-state index contributed by atoms with van der Waals surface area (Å²) in [6, 6.07) is 12.1. The van der Waals surface area contributed by atoms with E-state index in [1.54, 1.807) is 7.11 Å². The van der Waals surface area contributed by atoms with Gasteiger partial charge in [0.1, 0.15) is 11.9 Å². The number of rotatable bonds is 5. The number of hydrogen-bond acceptors (Lipinski definition) is 2. The Labute approximate surface area is 127 Å². The maximum Gasteiger partial charge on any atom is 0.122 e. The summed E-state index contributed by atoms with van der Waals surface area (Å²) in [5, 5.41) is 10.6. The summed E-state index contributed by atoms with van der Waals surface area (Å²) in [5.41, 5.74) is 5.35. The highest BCUT2D eigenvalue weighted by Crippen LogP contribution is 2.31. The Morgan fingerprint density at radius 3 is 2.24 bits per heavy atom. The molecule has 0 aliphatic carbocycles. The molecule has 0 aliphatic rings. The first-order valence-electron chi connectivity index (χ1n) is 7.49. The maximum atomic E-state index is 10.6. The molecule has 0 fully saturated rings. The van der Waals surface area contributed by atoms with Gasteiger partial charge in [0, 0.05) is 0 Å². The molecule has 1 N–H and O–H groups in total. The van der Waals surface area contributed by atoms with Crippen LogP contribution in [-0.2, 0) is 6.42 Å². The van der Waals surface area contributed by atoms with E-state index >= 15 is 0 Å². The molecule has 0 bridgehead atoms. The number of benzene rings is 2. The minimum atomic E-state index is -0.592. The van der Waals surface area contributed by atoms with Gasteiger partial charge in [0.2, 0.25) is 0 Å². The number of aliphatic hydroxyl groups is 1. The van der Waals surface area contributed by atoms with Gasteiger partial charge in [-0.15, -0.1) is 0 Å². The Kier molecular flexibility index (Phi) is 5.03. The molecule has 2 aromatic rings. The molecule has 0 radical (unpaired) electrons. The molecule has 0 saturated carbocycles. The van der Waals surface area contributed by atoms with Crippen LogP contribution in [0.3, 0.4) is 0 Å². The quantitative estimate of drug-likeness (QED) is 0.884. The van der Waals surface area contributed by atoms with Crippen molar-refractivity contribution in [2.45, 2.75) is 39.7 Å². The van der Waals surface area contributed by atoms with Gasteiger partial charge in [-0.05, 0) is 54.2 Å². The summed E-state index contributed by atoms with van der Waals surface area (Å²) in [5.74, 6) is 0.863. The van der Waals surface area contributed by atoms with Gasteiger partial charge in [-0.3, -0.25) is 0 Å². The largest absolute Gasteiger partial charge is 0.496 e. The summed E-state index contributed by atoms with van der Waals surface area (Å²) in [6.07, 6.45) is 1.63. The molecule has 1 atom stereocenters. The van der Waals surface area contributed by atoms with Crippen LogP contribution in [0.4, 0.5) is 0 Å². The fraction of sp³-hybridized carbons (Fsp3) is 0.368. The lowest BCUT2D eigenvalue weighted by atomic mass is 9.93. The average Bonchev–Trinajstić information content (AvgIpc) is 2.50. The summed E-state index contributed by atoms with van der Waals surface area (Å²) >= 11 is 0. The van der Waals surface area contributed by atoms with Crippen molar-refractivity contribution in [2.24, 2.45) is 0 Å². The third-order valence-corrected chi connectivity index (χ3v) is 4.13. The predicted octanol–water partition coefficient (Wildman–Crippen LogP) is 4.35. The molecule has 2 nitrogen and oxygen atoms in total. The highest BCUT2D eigenvalue weighted by Gasteiger charge is 2.15. The molecule has 0 heterocycles. The number of aliphatic hydroxyl groups excluding tert-OH is 1. The third kappa shape index (κ3) is 3.27. The van der Waals surface area contributed by atoms with Crippen LogP contribution < -0.4 is 4.74 Å². The molecule has 112 valence electrons. The zero-order valence-electron chi connectivity index (χ0n) is 13.3. The summed E-state index contributed by atoms with van der Waals surface area (Å²) in [7, 11) is 1.67. The van der Waals surface area contributed by atoms with E-state index < -0.39 is 6.10 Å². The van der Waals surface area contributed by atoms with Gasteiger partial charge in [-0.1, -0.05) is 43.7 Å². The van der Waals surface area contributed by atoms with Gasteiger partial charge < -0.3 is 9.84 Å². The molecular formula is C19H24O2. The van der Waals surface area contributed by atoms with Crippen LogP contribution in [0.1, 0.15) is 47.3 Å². The minimum Gasteiger partial charge on any atom is -0.496 e. The highest BCUT2D eigenvalue weighted by molar-refractivity contribution is 5.46. The molecule has 2 rings (SSSR count). The molecule has 0 aliphatic heterocycles. The van der Waals surface area contributed by atoms with Crippen LogP contribution in [0.2, 0.25) is 0 Å². The Bertz CT molecular complexity index is 600. The summed E-state index contributed by atoms with van der Waals surface area (Å²) < 4.78 is 5.33. The van der Waals surface area contributed by atoms with E-state index in [9.17, 15) is 5.11 Å². The van der Waals surface area contributed by atoms with Gasteiger partial charge in [0.15, 0.2) is 0 Å². The Morgan fingerprint density at radius 1 is 1.00 bits per heavy atom. The third-order valence-electron chi connectivity index (χ3n) is 4.13. The normalized spacial score (nSPS) is 12.2. The van der Waals surface area contributed by atoms with Gasteiger partial charge in [-0.25, -0.2) is 0 Å². The molecule has 0 spiro atoms. The van der Waals surface area contributed by atoms with Crippen molar-refractivity contribution in [3.8, 4) is 5.75 Å². The van der Waals surface area contributed by atoms with Crippen molar-refractivity contribution in [3.05, 3.63) is 64.2 Å². The number of methoxy groups -OCH3 is 1. The molecule has 2 aromatic carbocycles. The van der Waals surface area contributed by atoms with Crippen molar-refractivity contribution >= 4 is 0 Å². The van der Waals surface area contributed by atoms with Crippen LogP contribution >= 0.6 is 0 Å². The van der Waals surface area contributed by atoms with Crippen molar-refractivity contribution in [1.29, 1.82) is 0 Å². The molecule has 2 heteroatoms. The minimum absolute atomic E-state index is 0.592. The first-order valence-corrected chi connectivity index (χ1v) is 7.49. The molecule has 0 amide bonds. The van der Waals surface area contributed by atoms with Gasteiger partial charge >= 0.3 is 0 Å². The molecule has 0 aromatic heterocycles. The van der Waals surface area contributed by atoms with Crippen molar-refractivity contribution in [1.82, 2.24) is 0 Å². The Hall–Kier alpha value is -1.80. The monoisotopic (exact) mass is 284 g/mol. The van der Waals surface area contributed by atoms with Crippen LogP contribution in [0.5, 0.6) is 5.75 Å². The highest BCUT2D eigenvalue weighted by atomic mass is 16.5. The first kappa shape index (κ1) is 15.6. The van der Waals surface area contributed by atoms with Crippen LogP contribution in [0.25, 0.3) is 0 Å². The average molecular weight is 284 g/mol. The fourth-order valence-corrected chi connectivity index (χ4v) is 2.67. The van der Waals surface area contributed by atoms with E-state index in [0.717, 1.165) is 40.8 Å². The van der Waals surface area contributed by atoms with Gasteiger partial charge in [-0.2, -0.15) is 0 Å². The van der Waals surface area contributed by atoms with E-state index in [2.05, 4.69) is 19.1 Å². The number of ether oxygens (including phenoxy) is 1. The van der Waals surface area contributed by atoms with E-state index in [-0.39, 0.29) is 0 Å². The lowest BCUT2D eigenvalue weighted by Crippen LogP contribution is -2.04. The summed E-state index contributed by atoms with van der Waals surface area (Å²) in [4.78, 5) is 0. The predicted molar refractivity (Wildman–Crippen MR) is 87.0 cm³/mol. The number of hydrogen-bond donors (Lipinski definition) is 1. The van der Waals surface area contributed by atoms with Crippen molar-refractivity contribution < 1.29 is 9.84 Å². The van der Waals surface area contributed by atoms with Crippen molar-refractivity contribution in [3.63, 3.8) is 0 Å². The molecule has 0 saturated heterocycles. The smallest absolute Gasteiger partial charge is 0.122 e. The van der Waals surface area contributed by atoms with E-state index in [4.69, 9.17) is 4.74 Å². The zero-order chi connectivity index (χ0) is 15.4. The lowest BCUT2D eigenvalue weighted by Gasteiger charge is -2.18.